The SMILES string of the molecule is CC(C)C[C@H](NC(=O)N1CCOCC1)C(=O)NC(C#N)C#N. The number of nitriles is 2. The van der Waals surface area contributed by atoms with Gasteiger partial charge in [0.1, 0.15) is 18.2 Å². The third-order valence-corrected chi connectivity index (χ3v) is 3.16. The predicted octanol–water partition coefficient (Wildman–Crippen LogP) is -0.0251. The highest BCUT2D eigenvalue weighted by molar-refractivity contribution is 5.87. The van der Waals surface area contributed by atoms with Crippen molar-refractivity contribution in [2.45, 2.75) is 32.4 Å². The van der Waals surface area contributed by atoms with Crippen molar-refractivity contribution in [1.82, 2.24) is 15.5 Å². The van der Waals surface area contributed by atoms with Gasteiger partial charge in [-0.25, -0.2) is 4.79 Å². The Hall–Kier alpha value is -2.32. The van der Waals surface area contributed by atoms with Crippen molar-refractivity contribution in [3.8, 4) is 12.1 Å². The molecule has 1 rings (SSSR count). The number of hydrogen-bond donors (Lipinski definition) is 2. The number of rotatable bonds is 5. The summed E-state index contributed by atoms with van der Waals surface area (Å²) in [5, 5.41) is 22.4. The average molecular weight is 307 g/mol. The molecule has 0 saturated carbocycles. The van der Waals surface area contributed by atoms with E-state index in [0.29, 0.717) is 32.7 Å². The average Bonchev–Trinajstić information content (AvgIpc) is 2.52. The molecular formula is C14H21N5O3. The molecule has 2 N–H and O–H groups in total. The zero-order valence-corrected chi connectivity index (χ0v) is 12.8. The Labute approximate surface area is 130 Å². The molecule has 8 heteroatoms. The molecule has 1 saturated heterocycles. The van der Waals surface area contributed by atoms with E-state index in [0.717, 1.165) is 0 Å². The zero-order valence-electron chi connectivity index (χ0n) is 12.8. The molecule has 0 bridgehead atoms. The standard InChI is InChI=1S/C14H21N5O3/c1-10(2)7-12(13(20)17-11(8-15)9-16)18-14(21)19-3-5-22-6-4-19/h10-12H,3-7H2,1-2H3,(H,17,20)(H,18,21)/t12-/m0/s1. The molecule has 0 radical (unpaired) electrons. The van der Waals surface area contributed by atoms with Crippen molar-refractivity contribution in [2.24, 2.45) is 5.92 Å². The molecule has 0 spiro atoms. The lowest BCUT2D eigenvalue weighted by atomic mass is 10.0. The molecule has 22 heavy (non-hydrogen) atoms. The normalized spacial score (nSPS) is 15.8. The van der Waals surface area contributed by atoms with Gasteiger partial charge in [-0.3, -0.25) is 4.79 Å². The number of carbonyl (C=O) groups is 2. The van der Waals surface area contributed by atoms with Gasteiger partial charge in [0.05, 0.1) is 13.2 Å². The minimum absolute atomic E-state index is 0.170. The third-order valence-electron chi connectivity index (χ3n) is 3.16. The number of nitrogens with zero attached hydrogens (tertiary/aromatic N) is 3. The largest absolute Gasteiger partial charge is 0.378 e. The number of ether oxygens (including phenoxy) is 1. The first-order valence-electron chi connectivity index (χ1n) is 7.20. The maximum Gasteiger partial charge on any atom is 0.318 e. The summed E-state index contributed by atoms with van der Waals surface area (Å²) < 4.78 is 5.18. The fourth-order valence-corrected chi connectivity index (χ4v) is 2.05. The smallest absolute Gasteiger partial charge is 0.318 e. The van der Waals surface area contributed by atoms with Gasteiger partial charge in [-0.1, -0.05) is 13.8 Å². The molecule has 1 aliphatic heterocycles. The maximum atomic E-state index is 12.2. The molecule has 1 atom stereocenters. The van der Waals surface area contributed by atoms with Gasteiger partial charge in [-0.05, 0) is 12.3 Å². The Balaban J connectivity index is 2.67. The molecule has 120 valence electrons. The maximum absolute atomic E-state index is 12.2. The molecule has 8 nitrogen and oxygen atoms in total. The highest BCUT2D eigenvalue weighted by atomic mass is 16.5. The highest BCUT2D eigenvalue weighted by Gasteiger charge is 2.26. The van der Waals surface area contributed by atoms with E-state index in [1.54, 1.807) is 17.0 Å². The fraction of sp³-hybridized carbons (Fsp3) is 0.714. The van der Waals surface area contributed by atoms with Crippen LogP contribution in [0.1, 0.15) is 20.3 Å². The Morgan fingerprint density at radius 2 is 1.77 bits per heavy atom. The second kappa shape index (κ2) is 8.85. The highest BCUT2D eigenvalue weighted by Crippen LogP contribution is 2.07. The van der Waals surface area contributed by atoms with E-state index in [2.05, 4.69) is 10.6 Å². The third kappa shape index (κ3) is 5.58. The van der Waals surface area contributed by atoms with Gasteiger partial charge in [-0.15, -0.1) is 0 Å². The van der Waals surface area contributed by atoms with E-state index in [-0.39, 0.29) is 11.9 Å². The summed E-state index contributed by atoms with van der Waals surface area (Å²) >= 11 is 0. The van der Waals surface area contributed by atoms with Gasteiger partial charge in [0.2, 0.25) is 11.9 Å². The van der Waals surface area contributed by atoms with Gasteiger partial charge in [-0.2, -0.15) is 10.5 Å². The van der Waals surface area contributed by atoms with Gasteiger partial charge in [0.15, 0.2) is 0 Å². The molecule has 0 aromatic rings. The number of amides is 3. The predicted molar refractivity (Wildman–Crippen MR) is 77.3 cm³/mol. The summed E-state index contributed by atoms with van der Waals surface area (Å²) in [4.78, 5) is 25.9. The molecule has 1 heterocycles. The Morgan fingerprint density at radius 3 is 2.27 bits per heavy atom. The van der Waals surface area contributed by atoms with Crippen LogP contribution in [-0.4, -0.2) is 55.2 Å². The molecule has 1 aliphatic rings. The molecule has 0 aromatic carbocycles. The molecule has 3 amide bonds. The van der Waals surface area contributed by atoms with Crippen LogP contribution in [0.2, 0.25) is 0 Å². The van der Waals surface area contributed by atoms with E-state index in [4.69, 9.17) is 15.3 Å². The number of morpholine rings is 1. The van der Waals surface area contributed by atoms with Crippen LogP contribution in [0.3, 0.4) is 0 Å². The zero-order chi connectivity index (χ0) is 16.5. The van der Waals surface area contributed by atoms with Crippen molar-refractivity contribution in [3.63, 3.8) is 0 Å². The number of urea groups is 1. The Morgan fingerprint density at radius 1 is 1.18 bits per heavy atom. The summed E-state index contributed by atoms with van der Waals surface area (Å²) in [6, 6.07) is 1.01. The quantitative estimate of drug-likeness (QED) is 0.739. The molecule has 0 unspecified atom stereocenters. The van der Waals surface area contributed by atoms with Gasteiger partial charge >= 0.3 is 6.03 Å². The second-order valence-electron chi connectivity index (χ2n) is 5.43. The van der Waals surface area contributed by atoms with Crippen LogP contribution in [0.5, 0.6) is 0 Å². The van der Waals surface area contributed by atoms with E-state index >= 15 is 0 Å². The summed E-state index contributed by atoms with van der Waals surface area (Å²) in [6.45, 7) is 5.74. The summed E-state index contributed by atoms with van der Waals surface area (Å²) in [6.07, 6.45) is 0.422. The number of hydrogen-bond acceptors (Lipinski definition) is 5. The van der Waals surface area contributed by atoms with Crippen molar-refractivity contribution < 1.29 is 14.3 Å². The van der Waals surface area contributed by atoms with Crippen LogP contribution < -0.4 is 10.6 Å². The number of carbonyl (C=O) groups excluding carboxylic acids is 2. The van der Waals surface area contributed by atoms with Crippen molar-refractivity contribution in [3.05, 3.63) is 0 Å². The first kappa shape index (κ1) is 17.7. The van der Waals surface area contributed by atoms with Crippen LogP contribution in [0, 0.1) is 28.6 Å². The Bertz CT molecular complexity index is 460. The van der Waals surface area contributed by atoms with Crippen LogP contribution in [-0.2, 0) is 9.53 Å². The monoisotopic (exact) mass is 307 g/mol. The minimum Gasteiger partial charge on any atom is -0.378 e. The lowest BCUT2D eigenvalue weighted by Gasteiger charge is -2.29. The summed E-state index contributed by atoms with van der Waals surface area (Å²) in [7, 11) is 0. The topological polar surface area (TPSA) is 118 Å². The summed E-state index contributed by atoms with van der Waals surface area (Å²) in [5.41, 5.74) is 0. The summed E-state index contributed by atoms with van der Waals surface area (Å²) in [5.74, 6) is -0.355. The van der Waals surface area contributed by atoms with E-state index in [9.17, 15) is 9.59 Å². The first-order valence-corrected chi connectivity index (χ1v) is 7.20. The second-order valence-corrected chi connectivity index (χ2v) is 5.43. The van der Waals surface area contributed by atoms with Crippen molar-refractivity contribution in [2.75, 3.05) is 26.3 Å². The van der Waals surface area contributed by atoms with Crippen LogP contribution in [0.15, 0.2) is 0 Å². The van der Waals surface area contributed by atoms with Crippen LogP contribution in [0.4, 0.5) is 4.79 Å². The minimum atomic E-state index is -1.22. The lowest BCUT2D eigenvalue weighted by molar-refractivity contribution is -0.123. The molecular weight excluding hydrogens is 286 g/mol. The lowest BCUT2D eigenvalue weighted by Crippen LogP contribution is -2.54. The van der Waals surface area contributed by atoms with E-state index in [1.165, 1.54) is 0 Å². The molecule has 0 aliphatic carbocycles. The van der Waals surface area contributed by atoms with Crippen LogP contribution in [0.25, 0.3) is 0 Å². The molecule has 0 aromatic heterocycles. The van der Waals surface area contributed by atoms with E-state index in [1.807, 2.05) is 13.8 Å². The van der Waals surface area contributed by atoms with Crippen LogP contribution >= 0.6 is 0 Å². The van der Waals surface area contributed by atoms with Crippen molar-refractivity contribution in [1.29, 1.82) is 10.5 Å². The Kier molecular flexibility index (Phi) is 7.14. The van der Waals surface area contributed by atoms with Gasteiger partial charge < -0.3 is 20.3 Å². The van der Waals surface area contributed by atoms with Gasteiger partial charge in [0.25, 0.3) is 0 Å². The molecule has 1 fully saturated rings. The van der Waals surface area contributed by atoms with Gasteiger partial charge in [0, 0.05) is 13.1 Å². The number of nitrogens with one attached hydrogen (secondary N) is 2. The fourth-order valence-electron chi connectivity index (χ4n) is 2.05. The van der Waals surface area contributed by atoms with E-state index < -0.39 is 18.0 Å². The van der Waals surface area contributed by atoms with Crippen molar-refractivity contribution >= 4 is 11.9 Å². The first-order chi connectivity index (χ1) is 10.5.